The lowest BCUT2D eigenvalue weighted by molar-refractivity contribution is 0.115. The third-order valence-electron chi connectivity index (χ3n) is 4.26. The quantitative estimate of drug-likeness (QED) is 0.894. The lowest BCUT2D eigenvalue weighted by atomic mass is 9.89. The Bertz CT molecular complexity index is 388. The SMILES string of the molecule is Cc1ccc(C(C)NC2CC(C)N(C)CC2C)o1. The van der Waals surface area contributed by atoms with Crippen LogP contribution in [0.15, 0.2) is 16.5 Å². The highest BCUT2D eigenvalue weighted by molar-refractivity contribution is 5.09. The molecule has 0 radical (unpaired) electrons. The summed E-state index contributed by atoms with van der Waals surface area (Å²) in [5.74, 6) is 2.72. The van der Waals surface area contributed by atoms with E-state index in [1.54, 1.807) is 0 Å². The molecule has 0 saturated carbocycles. The number of aryl methyl sites for hydroxylation is 1. The summed E-state index contributed by atoms with van der Waals surface area (Å²) in [5, 5.41) is 3.73. The maximum atomic E-state index is 5.70. The first-order valence-electron chi connectivity index (χ1n) is 7.00. The van der Waals surface area contributed by atoms with Crippen molar-refractivity contribution in [1.29, 1.82) is 0 Å². The molecular formula is C15H26N2O. The van der Waals surface area contributed by atoms with Crippen LogP contribution in [0.1, 0.15) is 44.8 Å². The van der Waals surface area contributed by atoms with E-state index in [4.69, 9.17) is 4.42 Å². The fourth-order valence-electron chi connectivity index (χ4n) is 2.86. The van der Waals surface area contributed by atoms with Crippen LogP contribution in [0.2, 0.25) is 0 Å². The van der Waals surface area contributed by atoms with Crippen LogP contribution < -0.4 is 5.32 Å². The first-order valence-corrected chi connectivity index (χ1v) is 7.00. The number of piperidine rings is 1. The van der Waals surface area contributed by atoms with E-state index in [1.165, 1.54) is 13.0 Å². The normalized spacial score (nSPS) is 31.5. The van der Waals surface area contributed by atoms with Gasteiger partial charge >= 0.3 is 0 Å². The third kappa shape index (κ3) is 2.96. The minimum Gasteiger partial charge on any atom is -0.465 e. The molecule has 0 amide bonds. The zero-order valence-electron chi connectivity index (χ0n) is 12.2. The van der Waals surface area contributed by atoms with E-state index < -0.39 is 0 Å². The standard InChI is InChI=1S/C15H26N2O/c1-10-9-17(5)11(2)8-14(10)16-13(4)15-7-6-12(3)18-15/h6-7,10-11,13-14,16H,8-9H2,1-5H3. The van der Waals surface area contributed by atoms with Gasteiger partial charge in [-0.15, -0.1) is 0 Å². The van der Waals surface area contributed by atoms with Gasteiger partial charge in [0.15, 0.2) is 0 Å². The lowest BCUT2D eigenvalue weighted by Crippen LogP contribution is -2.51. The minimum absolute atomic E-state index is 0.293. The second-order valence-corrected chi connectivity index (χ2v) is 5.94. The van der Waals surface area contributed by atoms with Crippen LogP contribution in [0.5, 0.6) is 0 Å². The Labute approximate surface area is 111 Å². The minimum atomic E-state index is 0.293. The highest BCUT2D eigenvalue weighted by Gasteiger charge is 2.30. The van der Waals surface area contributed by atoms with Crippen LogP contribution in [0, 0.1) is 12.8 Å². The van der Waals surface area contributed by atoms with Crippen molar-refractivity contribution in [3.05, 3.63) is 23.7 Å². The first-order chi connectivity index (χ1) is 8.47. The van der Waals surface area contributed by atoms with Crippen molar-refractivity contribution >= 4 is 0 Å². The Morgan fingerprint density at radius 3 is 2.72 bits per heavy atom. The number of rotatable bonds is 3. The zero-order valence-corrected chi connectivity index (χ0v) is 12.2. The summed E-state index contributed by atoms with van der Waals surface area (Å²) < 4.78 is 5.70. The van der Waals surface area contributed by atoms with Crippen molar-refractivity contribution in [2.24, 2.45) is 5.92 Å². The molecule has 3 heteroatoms. The van der Waals surface area contributed by atoms with Crippen LogP contribution in [0.25, 0.3) is 0 Å². The topological polar surface area (TPSA) is 28.4 Å². The van der Waals surface area contributed by atoms with Gasteiger partial charge in [0.25, 0.3) is 0 Å². The van der Waals surface area contributed by atoms with Crippen LogP contribution in [0.4, 0.5) is 0 Å². The van der Waals surface area contributed by atoms with Crippen molar-refractivity contribution < 1.29 is 4.42 Å². The molecule has 18 heavy (non-hydrogen) atoms. The van der Waals surface area contributed by atoms with Crippen LogP contribution in [0.3, 0.4) is 0 Å². The zero-order chi connectivity index (χ0) is 13.3. The van der Waals surface area contributed by atoms with Gasteiger partial charge in [-0.05, 0) is 52.3 Å². The average Bonchev–Trinajstić information content (AvgIpc) is 2.73. The maximum absolute atomic E-state index is 5.70. The Hall–Kier alpha value is -0.800. The van der Waals surface area contributed by atoms with E-state index in [0.717, 1.165) is 11.5 Å². The molecule has 4 unspecified atom stereocenters. The van der Waals surface area contributed by atoms with Crippen LogP contribution in [-0.2, 0) is 0 Å². The monoisotopic (exact) mass is 250 g/mol. The molecule has 2 heterocycles. The van der Waals surface area contributed by atoms with Gasteiger partial charge in [-0.3, -0.25) is 0 Å². The highest BCUT2D eigenvalue weighted by atomic mass is 16.3. The molecule has 0 aromatic carbocycles. The number of furan rings is 1. The van der Waals surface area contributed by atoms with Gasteiger partial charge in [-0.1, -0.05) is 6.92 Å². The van der Waals surface area contributed by atoms with Gasteiger partial charge in [-0.2, -0.15) is 0 Å². The summed E-state index contributed by atoms with van der Waals surface area (Å²) in [5.41, 5.74) is 0. The molecule has 3 nitrogen and oxygen atoms in total. The third-order valence-corrected chi connectivity index (χ3v) is 4.26. The van der Waals surface area contributed by atoms with Crippen molar-refractivity contribution in [3.8, 4) is 0 Å². The number of nitrogens with one attached hydrogen (secondary N) is 1. The Balaban J connectivity index is 1.96. The average molecular weight is 250 g/mol. The first kappa shape index (κ1) is 13.6. The molecule has 1 N–H and O–H groups in total. The summed E-state index contributed by atoms with van der Waals surface area (Å²) in [6.07, 6.45) is 1.21. The number of hydrogen-bond donors (Lipinski definition) is 1. The molecule has 102 valence electrons. The fraction of sp³-hybridized carbons (Fsp3) is 0.733. The van der Waals surface area contributed by atoms with Crippen LogP contribution >= 0.6 is 0 Å². The van der Waals surface area contributed by atoms with E-state index >= 15 is 0 Å². The van der Waals surface area contributed by atoms with Gasteiger partial charge in [0.05, 0.1) is 6.04 Å². The molecule has 1 saturated heterocycles. The van der Waals surface area contributed by atoms with Crippen LogP contribution in [-0.4, -0.2) is 30.6 Å². The molecule has 1 aliphatic rings. The predicted octanol–water partition coefficient (Wildman–Crippen LogP) is 2.97. The number of nitrogens with zero attached hydrogens (tertiary/aromatic N) is 1. The molecule has 1 fully saturated rings. The molecule has 4 atom stereocenters. The number of likely N-dealkylation sites (tertiary alicyclic amines) is 1. The summed E-state index contributed by atoms with van der Waals surface area (Å²) in [6, 6.07) is 5.65. The van der Waals surface area contributed by atoms with E-state index in [-0.39, 0.29) is 0 Å². The molecule has 0 aliphatic carbocycles. The molecule has 2 rings (SSSR count). The summed E-state index contributed by atoms with van der Waals surface area (Å²) in [4.78, 5) is 2.45. The van der Waals surface area contributed by atoms with E-state index in [1.807, 2.05) is 13.0 Å². The smallest absolute Gasteiger partial charge is 0.120 e. The summed E-state index contributed by atoms with van der Waals surface area (Å²) >= 11 is 0. The van der Waals surface area contributed by atoms with Gasteiger partial charge in [0.2, 0.25) is 0 Å². The maximum Gasteiger partial charge on any atom is 0.120 e. The molecule has 0 spiro atoms. The fourth-order valence-corrected chi connectivity index (χ4v) is 2.86. The van der Waals surface area contributed by atoms with Crippen molar-refractivity contribution in [1.82, 2.24) is 10.2 Å². The molecule has 1 aliphatic heterocycles. The lowest BCUT2D eigenvalue weighted by Gasteiger charge is -2.41. The van der Waals surface area contributed by atoms with Crippen molar-refractivity contribution in [3.63, 3.8) is 0 Å². The predicted molar refractivity (Wildman–Crippen MR) is 74.7 cm³/mol. The van der Waals surface area contributed by atoms with Crippen molar-refractivity contribution in [2.45, 2.75) is 52.2 Å². The van der Waals surface area contributed by atoms with Gasteiger partial charge < -0.3 is 14.6 Å². The van der Waals surface area contributed by atoms with E-state index in [9.17, 15) is 0 Å². The second-order valence-electron chi connectivity index (χ2n) is 5.94. The molecular weight excluding hydrogens is 224 g/mol. The Morgan fingerprint density at radius 2 is 2.11 bits per heavy atom. The summed E-state index contributed by atoms with van der Waals surface area (Å²) in [6.45, 7) is 10.00. The number of hydrogen-bond acceptors (Lipinski definition) is 3. The second kappa shape index (κ2) is 5.45. The molecule has 1 aromatic heterocycles. The summed E-state index contributed by atoms with van der Waals surface area (Å²) in [7, 11) is 2.22. The van der Waals surface area contributed by atoms with Crippen molar-refractivity contribution in [2.75, 3.05) is 13.6 Å². The highest BCUT2D eigenvalue weighted by Crippen LogP contribution is 2.24. The van der Waals surface area contributed by atoms with E-state index in [2.05, 4.69) is 44.1 Å². The molecule has 0 bridgehead atoms. The largest absolute Gasteiger partial charge is 0.465 e. The van der Waals surface area contributed by atoms with E-state index in [0.29, 0.717) is 24.0 Å². The van der Waals surface area contributed by atoms with Gasteiger partial charge in [0, 0.05) is 18.6 Å². The molecule has 1 aromatic rings. The Kier molecular flexibility index (Phi) is 4.13. The van der Waals surface area contributed by atoms with Gasteiger partial charge in [0.1, 0.15) is 11.5 Å². The Morgan fingerprint density at radius 1 is 1.39 bits per heavy atom. The van der Waals surface area contributed by atoms with Gasteiger partial charge in [-0.25, -0.2) is 0 Å².